The molecular formula is C12H9F3N2O3. The van der Waals surface area contributed by atoms with Crippen molar-refractivity contribution in [2.75, 3.05) is 13.1 Å². The average Bonchev–Trinajstić information content (AvgIpc) is 2.26. The molecule has 0 aromatic heterocycles. The third-order valence-corrected chi connectivity index (χ3v) is 2.97. The number of amides is 1. The first kappa shape index (κ1) is 14.0. The molecule has 0 unspecified atom stereocenters. The summed E-state index contributed by atoms with van der Waals surface area (Å²) in [5.41, 5.74) is 0.391. The van der Waals surface area contributed by atoms with E-state index < -0.39 is 18.2 Å². The van der Waals surface area contributed by atoms with Crippen LogP contribution in [0.5, 0.6) is 5.75 Å². The first-order valence-electron chi connectivity index (χ1n) is 5.58. The van der Waals surface area contributed by atoms with E-state index in [1.54, 1.807) is 6.07 Å². The molecule has 20 heavy (non-hydrogen) atoms. The Morgan fingerprint density at radius 3 is 2.60 bits per heavy atom. The summed E-state index contributed by atoms with van der Waals surface area (Å²) in [5, 5.41) is 17.5. The summed E-state index contributed by atoms with van der Waals surface area (Å²) in [4.78, 5) is 11.8. The van der Waals surface area contributed by atoms with Gasteiger partial charge in [0.25, 0.3) is 0 Å². The van der Waals surface area contributed by atoms with E-state index >= 15 is 0 Å². The van der Waals surface area contributed by atoms with E-state index in [1.807, 2.05) is 0 Å². The summed E-state index contributed by atoms with van der Waals surface area (Å²) in [6, 6.07) is 5.42. The molecule has 0 saturated carbocycles. The van der Waals surface area contributed by atoms with Gasteiger partial charge in [-0.1, -0.05) is 6.07 Å². The number of hydrogen-bond donors (Lipinski definition) is 1. The molecule has 1 heterocycles. The summed E-state index contributed by atoms with van der Waals surface area (Å²) in [7, 11) is 0. The highest BCUT2D eigenvalue weighted by Gasteiger charge is 2.34. The number of halogens is 3. The Balaban J connectivity index is 2.15. The molecule has 106 valence electrons. The predicted molar refractivity (Wildman–Crippen MR) is 60.2 cm³/mol. The second kappa shape index (κ2) is 4.92. The van der Waals surface area contributed by atoms with Crippen molar-refractivity contribution >= 4 is 6.09 Å². The van der Waals surface area contributed by atoms with Crippen molar-refractivity contribution in [2.24, 2.45) is 0 Å². The largest absolute Gasteiger partial charge is 0.573 e. The number of alkyl halides is 3. The zero-order chi connectivity index (χ0) is 14.9. The Bertz CT molecular complexity index is 574. The highest BCUT2D eigenvalue weighted by Crippen LogP contribution is 2.32. The number of carbonyl (C=O) groups is 1. The zero-order valence-electron chi connectivity index (χ0n) is 10.0. The molecule has 8 heteroatoms. The second-order valence-electron chi connectivity index (χ2n) is 4.30. The molecule has 0 radical (unpaired) electrons. The van der Waals surface area contributed by atoms with Crippen molar-refractivity contribution in [3.05, 3.63) is 29.3 Å². The van der Waals surface area contributed by atoms with Gasteiger partial charge in [-0.15, -0.1) is 13.2 Å². The smallest absolute Gasteiger partial charge is 0.465 e. The molecule has 2 rings (SSSR count). The monoisotopic (exact) mass is 286 g/mol. The van der Waals surface area contributed by atoms with Gasteiger partial charge in [0.2, 0.25) is 0 Å². The van der Waals surface area contributed by atoms with E-state index in [0.717, 1.165) is 6.07 Å². The summed E-state index contributed by atoms with van der Waals surface area (Å²) >= 11 is 0. The van der Waals surface area contributed by atoms with Gasteiger partial charge in [-0.3, -0.25) is 0 Å². The minimum atomic E-state index is -4.86. The van der Waals surface area contributed by atoms with Crippen LogP contribution in [0.25, 0.3) is 0 Å². The predicted octanol–water partition coefficient (Wildman–Crippen LogP) is 2.53. The number of carboxylic acid groups (broad SMARTS) is 1. The molecule has 0 bridgehead atoms. The average molecular weight is 286 g/mol. The van der Waals surface area contributed by atoms with Crippen LogP contribution < -0.4 is 4.74 Å². The zero-order valence-corrected chi connectivity index (χ0v) is 10.0. The topological polar surface area (TPSA) is 73.6 Å². The summed E-state index contributed by atoms with van der Waals surface area (Å²) in [5.74, 6) is -0.670. The van der Waals surface area contributed by atoms with Crippen LogP contribution in [0.1, 0.15) is 17.0 Å². The number of rotatable bonds is 2. The van der Waals surface area contributed by atoms with Crippen molar-refractivity contribution in [3.8, 4) is 11.8 Å². The standard InChI is InChI=1S/C12H9F3N2O3/c13-12(14,15)20-10-2-1-7(3-8(10)4-16)9-5-17(6-9)11(18)19/h1-3,9H,5-6H2,(H,18,19). The second-order valence-corrected chi connectivity index (χ2v) is 4.30. The number of nitrogens with zero attached hydrogens (tertiary/aromatic N) is 2. The Labute approximate surface area is 111 Å². The van der Waals surface area contributed by atoms with Gasteiger partial charge in [-0.05, 0) is 17.7 Å². The lowest BCUT2D eigenvalue weighted by atomic mass is 9.90. The first-order valence-corrected chi connectivity index (χ1v) is 5.58. The molecular weight excluding hydrogens is 277 g/mol. The molecule has 1 aromatic rings. The van der Waals surface area contributed by atoms with Gasteiger partial charge in [0, 0.05) is 19.0 Å². The molecule has 1 aliphatic heterocycles. The molecule has 1 fully saturated rings. The van der Waals surface area contributed by atoms with Crippen LogP contribution in [-0.4, -0.2) is 35.6 Å². The molecule has 5 nitrogen and oxygen atoms in total. The lowest BCUT2D eigenvalue weighted by Crippen LogP contribution is -2.47. The fraction of sp³-hybridized carbons (Fsp3) is 0.333. The quantitative estimate of drug-likeness (QED) is 0.906. The summed E-state index contributed by atoms with van der Waals surface area (Å²) in [6.07, 6.45) is -5.90. The lowest BCUT2D eigenvalue weighted by molar-refractivity contribution is -0.274. The van der Waals surface area contributed by atoms with Crippen LogP contribution in [0, 0.1) is 11.3 Å². The van der Waals surface area contributed by atoms with Crippen LogP contribution in [0.15, 0.2) is 18.2 Å². The fourth-order valence-electron chi connectivity index (χ4n) is 1.95. The van der Waals surface area contributed by atoms with E-state index in [9.17, 15) is 18.0 Å². The molecule has 1 saturated heterocycles. The van der Waals surface area contributed by atoms with Crippen LogP contribution in [0.3, 0.4) is 0 Å². The third kappa shape index (κ3) is 2.93. The van der Waals surface area contributed by atoms with Crippen LogP contribution in [0.2, 0.25) is 0 Å². The SMILES string of the molecule is N#Cc1cc(C2CN(C(=O)O)C2)ccc1OC(F)(F)F. The Morgan fingerprint density at radius 1 is 1.45 bits per heavy atom. The van der Waals surface area contributed by atoms with E-state index in [2.05, 4.69) is 4.74 Å². The van der Waals surface area contributed by atoms with E-state index in [-0.39, 0.29) is 24.6 Å². The minimum absolute atomic E-state index is 0.113. The van der Waals surface area contributed by atoms with Crippen molar-refractivity contribution in [3.63, 3.8) is 0 Å². The molecule has 1 N–H and O–H groups in total. The van der Waals surface area contributed by atoms with Crippen molar-refractivity contribution in [1.82, 2.24) is 4.90 Å². The molecule has 1 aromatic carbocycles. The number of benzene rings is 1. The summed E-state index contributed by atoms with van der Waals surface area (Å²) in [6.45, 7) is 0.527. The molecule has 1 aliphatic rings. The highest BCUT2D eigenvalue weighted by atomic mass is 19.4. The third-order valence-electron chi connectivity index (χ3n) is 2.97. The van der Waals surface area contributed by atoms with E-state index in [1.165, 1.54) is 17.0 Å². The van der Waals surface area contributed by atoms with Gasteiger partial charge < -0.3 is 14.7 Å². The maximum atomic E-state index is 12.1. The molecule has 1 amide bonds. The highest BCUT2D eigenvalue weighted by molar-refractivity contribution is 5.66. The number of nitriles is 1. The normalized spacial score (nSPS) is 15.4. The van der Waals surface area contributed by atoms with Crippen LogP contribution in [0.4, 0.5) is 18.0 Å². The molecule has 0 spiro atoms. The van der Waals surface area contributed by atoms with Gasteiger partial charge >= 0.3 is 12.5 Å². The number of likely N-dealkylation sites (tertiary alicyclic amines) is 1. The van der Waals surface area contributed by atoms with Crippen LogP contribution in [-0.2, 0) is 0 Å². The number of ether oxygens (including phenoxy) is 1. The van der Waals surface area contributed by atoms with Crippen LogP contribution >= 0.6 is 0 Å². The lowest BCUT2D eigenvalue weighted by Gasteiger charge is -2.37. The van der Waals surface area contributed by atoms with Gasteiger partial charge in [0.05, 0.1) is 5.56 Å². The molecule has 0 aliphatic carbocycles. The van der Waals surface area contributed by atoms with Crippen molar-refractivity contribution in [1.29, 1.82) is 5.26 Å². The van der Waals surface area contributed by atoms with E-state index in [4.69, 9.17) is 10.4 Å². The molecule has 0 atom stereocenters. The first-order chi connectivity index (χ1) is 9.30. The van der Waals surface area contributed by atoms with Gasteiger partial charge in [0.1, 0.15) is 11.8 Å². The van der Waals surface area contributed by atoms with Crippen molar-refractivity contribution in [2.45, 2.75) is 12.3 Å². The fourth-order valence-corrected chi connectivity index (χ4v) is 1.95. The maximum absolute atomic E-state index is 12.1. The van der Waals surface area contributed by atoms with E-state index in [0.29, 0.717) is 5.56 Å². The van der Waals surface area contributed by atoms with Gasteiger partial charge in [-0.2, -0.15) is 5.26 Å². The van der Waals surface area contributed by atoms with Gasteiger partial charge in [-0.25, -0.2) is 4.79 Å². The Morgan fingerprint density at radius 2 is 2.10 bits per heavy atom. The number of hydrogen-bond acceptors (Lipinski definition) is 3. The minimum Gasteiger partial charge on any atom is -0.465 e. The van der Waals surface area contributed by atoms with Gasteiger partial charge in [0.15, 0.2) is 0 Å². The Kier molecular flexibility index (Phi) is 3.44. The van der Waals surface area contributed by atoms with Crippen molar-refractivity contribution < 1.29 is 27.8 Å². The summed E-state index contributed by atoms with van der Waals surface area (Å²) < 4.78 is 40.1. The Hall–Kier alpha value is -2.43. The maximum Gasteiger partial charge on any atom is 0.573 e.